The van der Waals surface area contributed by atoms with Gasteiger partial charge in [0.25, 0.3) is 5.91 Å². The molecule has 0 radical (unpaired) electrons. The quantitative estimate of drug-likeness (QED) is 0.500. The summed E-state index contributed by atoms with van der Waals surface area (Å²) < 4.78 is 31.7. The van der Waals surface area contributed by atoms with Gasteiger partial charge in [-0.05, 0) is 49.8 Å². The number of carbonyl (C=O) groups is 2. The minimum atomic E-state index is -3.42. The van der Waals surface area contributed by atoms with Gasteiger partial charge in [-0.15, -0.1) is 0 Å². The second-order valence-corrected chi connectivity index (χ2v) is 10.1. The lowest BCUT2D eigenvalue weighted by Gasteiger charge is -2.16. The summed E-state index contributed by atoms with van der Waals surface area (Å²) in [4.78, 5) is 24.2. The molecule has 166 valence electrons. The number of carbonyl (C=O) groups excluding carboxylic acids is 2. The van der Waals surface area contributed by atoms with Crippen LogP contribution in [-0.4, -0.2) is 50.3 Å². The number of nitrogens with one attached hydrogen (secondary N) is 1. The van der Waals surface area contributed by atoms with E-state index in [0.29, 0.717) is 19.5 Å². The molecule has 0 unspecified atom stereocenters. The summed E-state index contributed by atoms with van der Waals surface area (Å²) in [6.07, 6.45) is 9.05. The fourth-order valence-corrected chi connectivity index (χ4v) is 5.58. The number of aryl methyl sites for hydroxylation is 1. The molecular weight excluding hydrogens is 404 g/mol. The zero-order valence-electron chi connectivity index (χ0n) is 17.5. The summed E-state index contributed by atoms with van der Waals surface area (Å²) in [5.74, 6) is -0.675. The first kappa shape index (κ1) is 22.7. The van der Waals surface area contributed by atoms with Crippen LogP contribution in [-0.2, 0) is 30.8 Å². The van der Waals surface area contributed by atoms with E-state index in [-0.39, 0.29) is 29.9 Å². The molecule has 1 aromatic rings. The fourth-order valence-electron chi connectivity index (χ4n) is 4.06. The first-order valence-corrected chi connectivity index (χ1v) is 12.4. The van der Waals surface area contributed by atoms with Crippen molar-refractivity contribution in [1.29, 1.82) is 0 Å². The first-order chi connectivity index (χ1) is 14.4. The van der Waals surface area contributed by atoms with Gasteiger partial charge >= 0.3 is 5.97 Å². The lowest BCUT2D eigenvalue weighted by Crippen LogP contribution is -2.37. The number of benzene rings is 1. The van der Waals surface area contributed by atoms with E-state index in [1.807, 2.05) is 0 Å². The molecule has 0 bridgehead atoms. The molecule has 1 aliphatic heterocycles. The van der Waals surface area contributed by atoms with E-state index >= 15 is 0 Å². The number of sulfonamides is 1. The van der Waals surface area contributed by atoms with Crippen molar-refractivity contribution in [3.05, 3.63) is 29.8 Å². The zero-order chi connectivity index (χ0) is 21.4. The SMILES string of the molecule is O=C(COC(=O)CCc1ccc(S(=O)(=O)N2CCCC2)cc1)NC1CCCCCC1. The number of rotatable bonds is 8. The predicted molar refractivity (Wildman–Crippen MR) is 113 cm³/mol. The van der Waals surface area contributed by atoms with E-state index in [9.17, 15) is 18.0 Å². The van der Waals surface area contributed by atoms with Crippen molar-refractivity contribution in [1.82, 2.24) is 9.62 Å². The van der Waals surface area contributed by atoms with Crippen LogP contribution in [0.1, 0.15) is 63.4 Å². The minimum Gasteiger partial charge on any atom is -0.456 e. The molecule has 3 rings (SSSR count). The third kappa shape index (κ3) is 6.54. The molecule has 1 aliphatic carbocycles. The van der Waals surface area contributed by atoms with Crippen LogP contribution in [0.15, 0.2) is 29.2 Å². The van der Waals surface area contributed by atoms with Crippen LogP contribution in [0, 0.1) is 0 Å². The van der Waals surface area contributed by atoms with E-state index in [0.717, 1.165) is 44.1 Å². The van der Waals surface area contributed by atoms with Crippen LogP contribution in [0.5, 0.6) is 0 Å². The van der Waals surface area contributed by atoms with Crippen molar-refractivity contribution in [2.45, 2.75) is 75.1 Å². The van der Waals surface area contributed by atoms with E-state index in [1.165, 1.54) is 17.1 Å². The number of ether oxygens (including phenoxy) is 1. The summed E-state index contributed by atoms with van der Waals surface area (Å²) in [5, 5.41) is 2.95. The van der Waals surface area contributed by atoms with E-state index in [4.69, 9.17) is 4.74 Å². The molecule has 1 heterocycles. The first-order valence-electron chi connectivity index (χ1n) is 11.0. The van der Waals surface area contributed by atoms with Crippen molar-refractivity contribution >= 4 is 21.9 Å². The Morgan fingerprint density at radius 3 is 2.23 bits per heavy atom. The molecule has 1 amide bonds. The molecular formula is C22H32N2O5S. The Morgan fingerprint density at radius 2 is 1.60 bits per heavy atom. The number of amides is 1. The van der Waals surface area contributed by atoms with Gasteiger partial charge in [0.15, 0.2) is 6.61 Å². The van der Waals surface area contributed by atoms with Crippen molar-refractivity contribution in [3.63, 3.8) is 0 Å². The highest BCUT2D eigenvalue weighted by molar-refractivity contribution is 7.89. The van der Waals surface area contributed by atoms with Crippen LogP contribution >= 0.6 is 0 Å². The average Bonchev–Trinajstić information content (AvgIpc) is 3.18. The maximum Gasteiger partial charge on any atom is 0.306 e. The molecule has 2 aliphatic rings. The Kier molecular flexibility index (Phi) is 8.27. The number of hydrogen-bond donors (Lipinski definition) is 1. The van der Waals surface area contributed by atoms with Gasteiger partial charge in [0.2, 0.25) is 10.0 Å². The number of hydrogen-bond acceptors (Lipinski definition) is 5. The van der Waals surface area contributed by atoms with Crippen molar-refractivity contribution in [2.24, 2.45) is 0 Å². The number of nitrogens with zero attached hydrogens (tertiary/aromatic N) is 1. The van der Waals surface area contributed by atoms with Crippen LogP contribution in [0.25, 0.3) is 0 Å². The Labute approximate surface area is 179 Å². The highest BCUT2D eigenvalue weighted by Crippen LogP contribution is 2.21. The van der Waals surface area contributed by atoms with Crippen molar-refractivity contribution in [3.8, 4) is 0 Å². The van der Waals surface area contributed by atoms with Gasteiger partial charge in [0, 0.05) is 25.6 Å². The molecule has 1 N–H and O–H groups in total. The van der Waals surface area contributed by atoms with E-state index < -0.39 is 16.0 Å². The molecule has 8 heteroatoms. The van der Waals surface area contributed by atoms with E-state index in [2.05, 4.69) is 5.32 Å². The molecule has 7 nitrogen and oxygen atoms in total. The molecule has 0 spiro atoms. The summed E-state index contributed by atoms with van der Waals surface area (Å²) >= 11 is 0. The Hall–Kier alpha value is -1.93. The van der Waals surface area contributed by atoms with Gasteiger partial charge < -0.3 is 10.1 Å². The van der Waals surface area contributed by atoms with Crippen molar-refractivity contribution < 1.29 is 22.7 Å². The zero-order valence-corrected chi connectivity index (χ0v) is 18.3. The largest absolute Gasteiger partial charge is 0.456 e. The van der Waals surface area contributed by atoms with E-state index in [1.54, 1.807) is 24.3 Å². The topological polar surface area (TPSA) is 92.8 Å². The fraction of sp³-hybridized carbons (Fsp3) is 0.636. The van der Waals surface area contributed by atoms with Crippen LogP contribution in [0.2, 0.25) is 0 Å². The van der Waals surface area contributed by atoms with Gasteiger partial charge in [-0.1, -0.05) is 37.8 Å². The summed E-state index contributed by atoms with van der Waals surface area (Å²) in [6, 6.07) is 6.83. The van der Waals surface area contributed by atoms with Gasteiger partial charge in [0.1, 0.15) is 0 Å². The average molecular weight is 437 g/mol. The highest BCUT2D eigenvalue weighted by atomic mass is 32.2. The molecule has 0 atom stereocenters. The van der Waals surface area contributed by atoms with Crippen LogP contribution in [0.4, 0.5) is 0 Å². The monoisotopic (exact) mass is 436 g/mol. The maximum atomic E-state index is 12.5. The second kappa shape index (κ2) is 10.9. The van der Waals surface area contributed by atoms with Gasteiger partial charge in [-0.2, -0.15) is 4.31 Å². The lowest BCUT2D eigenvalue weighted by atomic mass is 10.1. The highest BCUT2D eigenvalue weighted by Gasteiger charge is 2.26. The lowest BCUT2D eigenvalue weighted by molar-refractivity contribution is -0.148. The summed E-state index contributed by atoms with van der Waals surface area (Å²) in [7, 11) is -3.42. The van der Waals surface area contributed by atoms with Crippen molar-refractivity contribution in [2.75, 3.05) is 19.7 Å². The third-order valence-electron chi connectivity index (χ3n) is 5.83. The number of esters is 1. The smallest absolute Gasteiger partial charge is 0.306 e. The molecule has 30 heavy (non-hydrogen) atoms. The Morgan fingerprint density at radius 1 is 0.967 bits per heavy atom. The normalized spacial score (nSPS) is 18.7. The second-order valence-electron chi connectivity index (χ2n) is 8.17. The van der Waals surface area contributed by atoms with Crippen LogP contribution < -0.4 is 5.32 Å². The van der Waals surface area contributed by atoms with Gasteiger partial charge in [-0.3, -0.25) is 9.59 Å². The molecule has 1 aromatic carbocycles. The van der Waals surface area contributed by atoms with Crippen LogP contribution in [0.3, 0.4) is 0 Å². The maximum absolute atomic E-state index is 12.5. The minimum absolute atomic E-state index is 0.148. The molecule has 0 aromatic heterocycles. The molecule has 2 fully saturated rings. The molecule has 1 saturated carbocycles. The third-order valence-corrected chi connectivity index (χ3v) is 7.74. The molecule has 1 saturated heterocycles. The predicted octanol–water partition coefficient (Wildman–Crippen LogP) is 2.79. The Bertz CT molecular complexity index is 808. The standard InChI is InChI=1S/C22H32N2O5S/c25-21(23-19-7-3-1-2-4-8-19)17-29-22(26)14-11-18-9-12-20(13-10-18)30(27,28)24-15-5-6-16-24/h9-10,12-13,19H,1-8,11,14-17H2,(H,23,25). The van der Waals surface area contributed by atoms with Gasteiger partial charge in [-0.25, -0.2) is 8.42 Å². The summed E-state index contributed by atoms with van der Waals surface area (Å²) in [6.45, 7) is 0.900. The van der Waals surface area contributed by atoms with Gasteiger partial charge in [0.05, 0.1) is 4.90 Å². The Balaban J connectivity index is 1.39. The summed E-state index contributed by atoms with van der Waals surface area (Å²) in [5.41, 5.74) is 0.857.